The van der Waals surface area contributed by atoms with E-state index in [2.05, 4.69) is 73.1 Å². The Kier molecular flexibility index (Phi) is 4.58. The van der Waals surface area contributed by atoms with E-state index in [1.165, 1.54) is 11.1 Å². The van der Waals surface area contributed by atoms with E-state index in [1.54, 1.807) is 6.20 Å². The second-order valence-corrected chi connectivity index (χ2v) is 5.99. The monoisotopic (exact) mass is 383 g/mol. The smallest absolute Gasteiger partial charge is 0.161 e. The molecular weight excluding hydrogens is 370 g/mol. The second-order valence-electron chi connectivity index (χ2n) is 4.34. The van der Waals surface area contributed by atoms with Crippen molar-refractivity contribution in [3.05, 3.63) is 38.4 Å². The molecular formula is C14H15Br2N3. The lowest BCUT2D eigenvalue weighted by atomic mass is 10.1. The molecule has 0 saturated carbocycles. The molecule has 0 saturated heterocycles. The molecule has 3 nitrogen and oxygen atoms in total. The maximum atomic E-state index is 4.56. The molecule has 0 aliphatic carbocycles. The molecule has 100 valence electrons. The van der Waals surface area contributed by atoms with Crippen molar-refractivity contribution in [3.8, 4) is 11.4 Å². The Bertz CT molecular complexity index is 589. The Morgan fingerprint density at radius 3 is 2.37 bits per heavy atom. The predicted octanol–water partition coefficient (Wildman–Crippen LogP) is 4.72. The van der Waals surface area contributed by atoms with Gasteiger partial charge in [-0.25, -0.2) is 9.97 Å². The number of nitrogens with zero attached hydrogens (tertiary/aromatic N) is 2. The summed E-state index contributed by atoms with van der Waals surface area (Å²) in [6, 6.07) is 4.19. The minimum absolute atomic E-state index is 0.734. The maximum absolute atomic E-state index is 4.56. The third kappa shape index (κ3) is 3.15. The van der Waals surface area contributed by atoms with Gasteiger partial charge in [0.15, 0.2) is 5.82 Å². The highest BCUT2D eigenvalue weighted by molar-refractivity contribution is 9.11. The molecule has 0 unspecified atom stereocenters. The van der Waals surface area contributed by atoms with Gasteiger partial charge in [-0.15, -0.1) is 0 Å². The summed E-state index contributed by atoms with van der Waals surface area (Å²) >= 11 is 7.03. The van der Waals surface area contributed by atoms with Gasteiger partial charge in [0, 0.05) is 22.8 Å². The number of benzene rings is 1. The first kappa shape index (κ1) is 14.5. The van der Waals surface area contributed by atoms with Crippen molar-refractivity contribution in [2.24, 2.45) is 0 Å². The Labute approximate surface area is 130 Å². The molecule has 19 heavy (non-hydrogen) atoms. The minimum Gasteiger partial charge on any atom is -0.369 e. The number of aryl methyl sites for hydroxylation is 2. The molecule has 5 heteroatoms. The van der Waals surface area contributed by atoms with Crippen molar-refractivity contribution in [3.63, 3.8) is 0 Å². The SMILES string of the molecule is CCNc1nc(-c2cc(C)c(Br)c(C)c2)ncc1Br. The Hall–Kier alpha value is -0.940. The van der Waals surface area contributed by atoms with Crippen molar-refractivity contribution < 1.29 is 0 Å². The minimum atomic E-state index is 0.734. The molecule has 0 fully saturated rings. The van der Waals surface area contributed by atoms with Crippen LogP contribution in [0.3, 0.4) is 0 Å². The van der Waals surface area contributed by atoms with E-state index < -0.39 is 0 Å². The molecule has 2 rings (SSSR count). The number of hydrogen-bond donors (Lipinski definition) is 1. The van der Waals surface area contributed by atoms with Crippen LogP contribution in [0.4, 0.5) is 5.82 Å². The van der Waals surface area contributed by atoms with Crippen molar-refractivity contribution >= 4 is 37.7 Å². The summed E-state index contributed by atoms with van der Waals surface area (Å²) in [6.45, 7) is 7.02. The first-order valence-corrected chi connectivity index (χ1v) is 7.65. The molecule has 2 aromatic rings. The molecule has 1 heterocycles. The molecule has 0 spiro atoms. The van der Waals surface area contributed by atoms with Crippen LogP contribution in [0.25, 0.3) is 11.4 Å². The Morgan fingerprint density at radius 2 is 1.79 bits per heavy atom. The summed E-state index contributed by atoms with van der Waals surface area (Å²) in [5, 5.41) is 3.22. The molecule has 1 aromatic carbocycles. The van der Waals surface area contributed by atoms with Crippen LogP contribution in [-0.4, -0.2) is 16.5 Å². The van der Waals surface area contributed by atoms with Gasteiger partial charge in [0.1, 0.15) is 5.82 Å². The van der Waals surface area contributed by atoms with Gasteiger partial charge < -0.3 is 5.32 Å². The fourth-order valence-electron chi connectivity index (χ4n) is 1.87. The fraction of sp³-hybridized carbons (Fsp3) is 0.286. The number of halogens is 2. The van der Waals surface area contributed by atoms with Crippen molar-refractivity contribution in [1.82, 2.24) is 9.97 Å². The summed E-state index contributed by atoms with van der Waals surface area (Å²) in [4.78, 5) is 8.95. The lowest BCUT2D eigenvalue weighted by molar-refractivity contribution is 1.10. The van der Waals surface area contributed by atoms with Gasteiger partial charge in [0.2, 0.25) is 0 Å². The average molecular weight is 385 g/mol. The quantitative estimate of drug-likeness (QED) is 0.831. The third-order valence-corrected chi connectivity index (χ3v) is 4.61. The van der Waals surface area contributed by atoms with Crippen LogP contribution < -0.4 is 5.32 Å². The lowest BCUT2D eigenvalue weighted by Gasteiger charge is -2.10. The van der Waals surface area contributed by atoms with Gasteiger partial charge in [-0.1, -0.05) is 15.9 Å². The highest BCUT2D eigenvalue weighted by Crippen LogP contribution is 2.28. The fourth-order valence-corrected chi connectivity index (χ4v) is 2.43. The second kappa shape index (κ2) is 6.01. The summed E-state index contributed by atoms with van der Waals surface area (Å²) in [5.41, 5.74) is 3.41. The van der Waals surface area contributed by atoms with Crippen LogP contribution >= 0.6 is 31.9 Å². The Balaban J connectivity index is 2.50. The molecule has 0 aliphatic heterocycles. The summed E-state index contributed by atoms with van der Waals surface area (Å²) in [7, 11) is 0. The third-order valence-electron chi connectivity index (χ3n) is 2.78. The van der Waals surface area contributed by atoms with Gasteiger partial charge in [-0.3, -0.25) is 0 Å². The van der Waals surface area contributed by atoms with E-state index >= 15 is 0 Å². The molecule has 1 aromatic heterocycles. The molecule has 0 radical (unpaired) electrons. The number of rotatable bonds is 3. The van der Waals surface area contributed by atoms with E-state index in [4.69, 9.17) is 0 Å². The van der Waals surface area contributed by atoms with E-state index in [-0.39, 0.29) is 0 Å². The van der Waals surface area contributed by atoms with Crippen LogP contribution in [0.2, 0.25) is 0 Å². The van der Waals surface area contributed by atoms with Crippen LogP contribution in [0.1, 0.15) is 18.1 Å². The highest BCUT2D eigenvalue weighted by Gasteiger charge is 2.09. The largest absolute Gasteiger partial charge is 0.369 e. The van der Waals surface area contributed by atoms with Crippen LogP contribution in [0.15, 0.2) is 27.3 Å². The van der Waals surface area contributed by atoms with Crippen LogP contribution in [-0.2, 0) is 0 Å². The van der Waals surface area contributed by atoms with Crippen LogP contribution in [0.5, 0.6) is 0 Å². The maximum Gasteiger partial charge on any atom is 0.161 e. The van der Waals surface area contributed by atoms with E-state index in [0.717, 1.165) is 32.7 Å². The van der Waals surface area contributed by atoms with Crippen molar-refractivity contribution in [2.45, 2.75) is 20.8 Å². The van der Waals surface area contributed by atoms with Gasteiger partial charge in [0.25, 0.3) is 0 Å². The molecule has 0 bridgehead atoms. The van der Waals surface area contributed by atoms with Crippen molar-refractivity contribution in [2.75, 3.05) is 11.9 Å². The summed E-state index contributed by atoms with van der Waals surface area (Å²) < 4.78 is 2.02. The lowest BCUT2D eigenvalue weighted by Crippen LogP contribution is -2.02. The summed E-state index contributed by atoms with van der Waals surface area (Å²) in [6.07, 6.45) is 1.78. The molecule has 0 atom stereocenters. The van der Waals surface area contributed by atoms with Gasteiger partial charge in [-0.05, 0) is 60.0 Å². The highest BCUT2D eigenvalue weighted by atomic mass is 79.9. The standard InChI is InChI=1S/C14H15Br2N3/c1-4-17-14-11(15)7-18-13(19-14)10-5-8(2)12(16)9(3)6-10/h5-7H,4H2,1-3H3,(H,17,18,19). The molecule has 0 amide bonds. The molecule has 0 aliphatic rings. The zero-order chi connectivity index (χ0) is 14.0. The van der Waals surface area contributed by atoms with Crippen LogP contribution in [0, 0.1) is 13.8 Å². The zero-order valence-electron chi connectivity index (χ0n) is 11.1. The summed E-state index contributed by atoms with van der Waals surface area (Å²) in [5.74, 6) is 1.56. The average Bonchev–Trinajstić information content (AvgIpc) is 2.38. The topological polar surface area (TPSA) is 37.8 Å². The number of hydrogen-bond acceptors (Lipinski definition) is 3. The number of aromatic nitrogens is 2. The van der Waals surface area contributed by atoms with Crippen molar-refractivity contribution in [1.29, 1.82) is 0 Å². The number of anilines is 1. The number of nitrogens with one attached hydrogen (secondary N) is 1. The normalized spacial score (nSPS) is 10.6. The molecule has 1 N–H and O–H groups in total. The first-order valence-electron chi connectivity index (χ1n) is 6.06. The first-order chi connectivity index (χ1) is 9.02. The van der Waals surface area contributed by atoms with Gasteiger partial charge in [0.05, 0.1) is 4.47 Å². The van der Waals surface area contributed by atoms with Gasteiger partial charge in [-0.2, -0.15) is 0 Å². The Morgan fingerprint density at radius 1 is 1.16 bits per heavy atom. The van der Waals surface area contributed by atoms with E-state index in [0.29, 0.717) is 0 Å². The van der Waals surface area contributed by atoms with Gasteiger partial charge >= 0.3 is 0 Å². The van der Waals surface area contributed by atoms with E-state index in [9.17, 15) is 0 Å². The predicted molar refractivity (Wildman–Crippen MR) is 86.5 cm³/mol. The zero-order valence-corrected chi connectivity index (χ0v) is 14.3. The van der Waals surface area contributed by atoms with E-state index in [1.807, 2.05) is 6.92 Å².